The summed E-state index contributed by atoms with van der Waals surface area (Å²) in [6.07, 6.45) is 0. The molecule has 1 N–H and O–H groups in total. The highest BCUT2D eigenvalue weighted by Gasteiger charge is 2.10. The minimum absolute atomic E-state index is 0.0955. The van der Waals surface area contributed by atoms with E-state index in [1.807, 2.05) is 31.2 Å². The van der Waals surface area contributed by atoms with Crippen molar-refractivity contribution in [2.75, 3.05) is 23.3 Å². The summed E-state index contributed by atoms with van der Waals surface area (Å²) in [5.74, 6) is -0.0955. The largest absolute Gasteiger partial charge is 0.372 e. The Kier molecular flexibility index (Phi) is 4.70. The number of rotatable bonds is 5. The van der Waals surface area contributed by atoms with Crippen LogP contribution in [0.3, 0.4) is 0 Å². The van der Waals surface area contributed by atoms with Gasteiger partial charge in [-0.05, 0) is 62.7 Å². The molecule has 0 aliphatic heterocycles. The van der Waals surface area contributed by atoms with Crippen molar-refractivity contribution in [2.45, 2.75) is 27.7 Å². The van der Waals surface area contributed by atoms with E-state index in [0.29, 0.717) is 0 Å². The minimum atomic E-state index is -0.0955. The molecule has 25 heavy (non-hydrogen) atoms. The number of hydrogen-bond donors (Lipinski definition) is 1. The van der Waals surface area contributed by atoms with E-state index in [1.54, 1.807) is 4.80 Å². The van der Waals surface area contributed by atoms with Gasteiger partial charge in [0.15, 0.2) is 0 Å². The van der Waals surface area contributed by atoms with Gasteiger partial charge in [0.05, 0.1) is 5.69 Å². The van der Waals surface area contributed by atoms with Crippen molar-refractivity contribution < 1.29 is 4.79 Å². The van der Waals surface area contributed by atoms with Crippen molar-refractivity contribution >= 4 is 28.3 Å². The quantitative estimate of drug-likeness (QED) is 0.773. The fourth-order valence-corrected chi connectivity index (χ4v) is 2.89. The molecule has 0 saturated carbocycles. The number of carbonyl (C=O) groups excluding carboxylic acids is 1. The Bertz CT molecular complexity index is 894. The van der Waals surface area contributed by atoms with Crippen molar-refractivity contribution in [3.05, 3.63) is 42.0 Å². The molecule has 1 amide bonds. The van der Waals surface area contributed by atoms with Gasteiger partial charge in [0, 0.05) is 31.4 Å². The highest BCUT2D eigenvalue weighted by atomic mass is 16.1. The summed E-state index contributed by atoms with van der Waals surface area (Å²) in [5, 5.41) is 11.9. The van der Waals surface area contributed by atoms with Crippen molar-refractivity contribution in [1.29, 1.82) is 0 Å². The number of benzene rings is 2. The standard InChI is InChI=1S/C19H23N5O/c1-5-23(6-2)15-7-9-16(10-8-15)24-21-18-11-13(3)17(20-14(4)25)12-19(18)22-24/h7-12H,5-6H2,1-4H3,(H,20,25). The van der Waals surface area contributed by atoms with E-state index in [-0.39, 0.29) is 5.91 Å². The van der Waals surface area contributed by atoms with Crippen LogP contribution in [0.4, 0.5) is 11.4 Å². The highest BCUT2D eigenvalue weighted by Crippen LogP contribution is 2.23. The molecule has 2 aromatic carbocycles. The lowest BCUT2D eigenvalue weighted by atomic mass is 10.2. The smallest absolute Gasteiger partial charge is 0.221 e. The van der Waals surface area contributed by atoms with Crippen molar-refractivity contribution in [3.8, 4) is 5.69 Å². The number of hydrogen-bond acceptors (Lipinski definition) is 4. The van der Waals surface area contributed by atoms with E-state index in [0.717, 1.165) is 41.1 Å². The first-order chi connectivity index (χ1) is 12.0. The molecule has 0 radical (unpaired) electrons. The van der Waals surface area contributed by atoms with E-state index in [9.17, 15) is 4.79 Å². The number of fused-ring (bicyclic) bond motifs is 1. The highest BCUT2D eigenvalue weighted by molar-refractivity contribution is 5.92. The molecule has 0 bridgehead atoms. The molecule has 0 fully saturated rings. The second-order valence-electron chi connectivity index (χ2n) is 6.02. The first kappa shape index (κ1) is 17.0. The zero-order chi connectivity index (χ0) is 18.0. The molecular formula is C19H23N5O. The Balaban J connectivity index is 1.95. The molecule has 130 valence electrons. The number of nitrogens with one attached hydrogen (secondary N) is 1. The van der Waals surface area contributed by atoms with E-state index < -0.39 is 0 Å². The molecule has 1 aromatic heterocycles. The predicted octanol–water partition coefficient (Wildman–Crippen LogP) is 3.53. The van der Waals surface area contributed by atoms with Gasteiger partial charge in [0.25, 0.3) is 0 Å². The van der Waals surface area contributed by atoms with Gasteiger partial charge in [-0.15, -0.1) is 10.2 Å². The lowest BCUT2D eigenvalue weighted by Crippen LogP contribution is -2.21. The van der Waals surface area contributed by atoms with Crippen LogP contribution in [0.15, 0.2) is 36.4 Å². The number of aromatic nitrogens is 3. The topological polar surface area (TPSA) is 63.1 Å². The van der Waals surface area contributed by atoms with Crippen LogP contribution >= 0.6 is 0 Å². The Morgan fingerprint density at radius 1 is 1.08 bits per heavy atom. The van der Waals surface area contributed by atoms with Gasteiger partial charge in [-0.25, -0.2) is 0 Å². The lowest BCUT2D eigenvalue weighted by Gasteiger charge is -2.20. The van der Waals surface area contributed by atoms with Gasteiger partial charge in [0.1, 0.15) is 11.0 Å². The first-order valence-corrected chi connectivity index (χ1v) is 8.52. The van der Waals surface area contributed by atoms with Crippen molar-refractivity contribution in [3.63, 3.8) is 0 Å². The molecule has 0 saturated heterocycles. The summed E-state index contributed by atoms with van der Waals surface area (Å²) in [7, 11) is 0. The minimum Gasteiger partial charge on any atom is -0.372 e. The maximum atomic E-state index is 11.3. The number of carbonyl (C=O) groups is 1. The fourth-order valence-electron chi connectivity index (χ4n) is 2.89. The molecule has 6 heteroatoms. The molecular weight excluding hydrogens is 314 g/mol. The van der Waals surface area contributed by atoms with Crippen LogP contribution in [0, 0.1) is 6.92 Å². The Morgan fingerprint density at radius 2 is 1.68 bits per heavy atom. The van der Waals surface area contributed by atoms with Crippen LogP contribution in [0.5, 0.6) is 0 Å². The normalized spacial score (nSPS) is 10.9. The molecule has 0 aliphatic carbocycles. The molecule has 0 atom stereocenters. The van der Waals surface area contributed by atoms with Crippen LogP contribution in [0.1, 0.15) is 26.3 Å². The molecule has 0 aliphatic rings. The van der Waals surface area contributed by atoms with Gasteiger partial charge < -0.3 is 10.2 Å². The van der Waals surface area contributed by atoms with Gasteiger partial charge in [0.2, 0.25) is 5.91 Å². The molecule has 6 nitrogen and oxygen atoms in total. The summed E-state index contributed by atoms with van der Waals surface area (Å²) < 4.78 is 0. The molecule has 1 heterocycles. The molecule has 0 spiro atoms. The zero-order valence-electron chi connectivity index (χ0n) is 15.1. The second kappa shape index (κ2) is 6.93. The maximum Gasteiger partial charge on any atom is 0.221 e. The number of anilines is 2. The van der Waals surface area contributed by atoms with E-state index >= 15 is 0 Å². The number of aryl methyl sites for hydroxylation is 1. The van der Waals surface area contributed by atoms with E-state index in [4.69, 9.17) is 0 Å². The second-order valence-corrected chi connectivity index (χ2v) is 6.02. The fraction of sp³-hybridized carbons (Fsp3) is 0.316. The molecule has 3 aromatic rings. The third-order valence-corrected chi connectivity index (χ3v) is 4.25. The third-order valence-electron chi connectivity index (χ3n) is 4.25. The summed E-state index contributed by atoms with van der Waals surface area (Å²) >= 11 is 0. The Labute approximate surface area is 147 Å². The van der Waals surface area contributed by atoms with Crippen LogP contribution < -0.4 is 10.2 Å². The number of nitrogens with zero attached hydrogens (tertiary/aromatic N) is 4. The first-order valence-electron chi connectivity index (χ1n) is 8.52. The van der Waals surface area contributed by atoms with E-state index in [2.05, 4.69) is 46.4 Å². The van der Waals surface area contributed by atoms with Crippen LogP contribution in [-0.4, -0.2) is 34.0 Å². The van der Waals surface area contributed by atoms with E-state index in [1.165, 1.54) is 12.6 Å². The van der Waals surface area contributed by atoms with Gasteiger partial charge in [-0.1, -0.05) is 0 Å². The summed E-state index contributed by atoms with van der Waals surface area (Å²) in [6.45, 7) is 9.69. The monoisotopic (exact) mass is 337 g/mol. The summed E-state index contributed by atoms with van der Waals surface area (Å²) in [6, 6.07) is 12.0. The Hall–Kier alpha value is -2.89. The lowest BCUT2D eigenvalue weighted by molar-refractivity contribution is -0.114. The van der Waals surface area contributed by atoms with Crippen molar-refractivity contribution in [1.82, 2.24) is 15.0 Å². The van der Waals surface area contributed by atoms with Crippen LogP contribution in [-0.2, 0) is 4.79 Å². The maximum absolute atomic E-state index is 11.3. The number of amides is 1. The average molecular weight is 337 g/mol. The molecule has 3 rings (SSSR count). The van der Waals surface area contributed by atoms with Gasteiger partial charge in [-0.3, -0.25) is 4.79 Å². The summed E-state index contributed by atoms with van der Waals surface area (Å²) in [5.41, 5.74) is 5.39. The zero-order valence-corrected chi connectivity index (χ0v) is 15.1. The van der Waals surface area contributed by atoms with Gasteiger partial charge in [-0.2, -0.15) is 4.80 Å². The van der Waals surface area contributed by atoms with Crippen LogP contribution in [0.2, 0.25) is 0 Å². The predicted molar refractivity (Wildman–Crippen MR) is 101 cm³/mol. The summed E-state index contributed by atoms with van der Waals surface area (Å²) in [4.78, 5) is 15.2. The molecule has 0 unspecified atom stereocenters. The Morgan fingerprint density at radius 3 is 2.24 bits per heavy atom. The van der Waals surface area contributed by atoms with Crippen molar-refractivity contribution in [2.24, 2.45) is 0 Å². The van der Waals surface area contributed by atoms with Gasteiger partial charge >= 0.3 is 0 Å². The average Bonchev–Trinajstić information content (AvgIpc) is 2.99. The SMILES string of the molecule is CCN(CC)c1ccc(-n2nc3cc(C)c(NC(C)=O)cc3n2)cc1. The van der Waals surface area contributed by atoms with Crippen LogP contribution in [0.25, 0.3) is 16.7 Å². The third kappa shape index (κ3) is 3.47.